The van der Waals surface area contributed by atoms with Gasteiger partial charge >= 0.3 is 19.8 Å². The van der Waals surface area contributed by atoms with Crippen LogP contribution in [-0.2, 0) is 32.7 Å². The number of phosphoric acid groups is 1. The number of hydrogen-bond donors (Lipinski definition) is 2. The lowest BCUT2D eigenvalue weighted by atomic mass is 10.0. The summed E-state index contributed by atoms with van der Waals surface area (Å²) < 4.78 is 32.9. The molecule has 3 N–H and O–H groups in total. The van der Waals surface area contributed by atoms with Gasteiger partial charge in [0.1, 0.15) is 6.61 Å². The third kappa shape index (κ3) is 54.1. The van der Waals surface area contributed by atoms with Crippen molar-refractivity contribution in [1.82, 2.24) is 0 Å². The Labute approximate surface area is 423 Å². The molecule has 2 unspecified atom stereocenters. The van der Waals surface area contributed by atoms with E-state index in [0.717, 1.165) is 64.2 Å². The summed E-state index contributed by atoms with van der Waals surface area (Å²) in [5.41, 5.74) is 5.37. The molecule has 396 valence electrons. The molecule has 0 saturated carbocycles. The summed E-state index contributed by atoms with van der Waals surface area (Å²) in [6.07, 6.45) is 71.8. The molecule has 0 fully saturated rings. The zero-order chi connectivity index (χ0) is 50.2. The molecule has 0 bridgehead atoms. The molecule has 0 aliphatic carbocycles. The normalized spacial score (nSPS) is 13.9. The summed E-state index contributed by atoms with van der Waals surface area (Å²) in [4.78, 5) is 35.1. The van der Waals surface area contributed by atoms with Gasteiger partial charge in [0.2, 0.25) is 0 Å². The zero-order valence-corrected chi connectivity index (χ0v) is 44.9. The maximum Gasteiger partial charge on any atom is 0.472 e. The van der Waals surface area contributed by atoms with Crippen LogP contribution in [0.25, 0.3) is 0 Å². The molecule has 0 spiro atoms. The molecule has 2 atom stereocenters. The Bertz CT molecular complexity index is 1450. The number of carbonyl (C=O) groups excluding carboxylic acids is 2. The standard InChI is InChI=1S/C59H102NO8P/c1-3-5-7-9-11-13-15-17-19-21-23-25-27-28-30-31-33-35-37-39-41-43-45-47-49-51-58(61)65-55-57(56-67-69(63,64)66-54-53-60)68-59(62)52-50-48-46-44-42-40-38-36-34-32-29-26-24-22-20-18-16-14-12-10-8-6-4-2/h6,8,12,14,18,20-21,23-24,26,32,34,38,40,44,46,57H,3-5,7,9-11,13,15-17,19,22,25,27-31,33,35-37,39,41-43,45,47-56,60H2,1-2H3,(H,63,64)/b8-6-,14-12-,20-18-,23-21-,26-24-,34-32-,40-38-,46-44-. The van der Waals surface area contributed by atoms with Gasteiger partial charge in [-0.1, -0.05) is 227 Å². The van der Waals surface area contributed by atoms with Crippen LogP contribution in [0.3, 0.4) is 0 Å². The number of hydrogen-bond acceptors (Lipinski definition) is 8. The Hall–Kier alpha value is -3.07. The zero-order valence-electron chi connectivity index (χ0n) is 44.0. The molecule has 69 heavy (non-hydrogen) atoms. The Morgan fingerprint density at radius 3 is 1.25 bits per heavy atom. The van der Waals surface area contributed by atoms with E-state index in [1.807, 2.05) is 6.08 Å². The van der Waals surface area contributed by atoms with Gasteiger partial charge in [0.05, 0.1) is 13.2 Å². The van der Waals surface area contributed by atoms with Crippen LogP contribution in [0, 0.1) is 0 Å². The predicted octanol–water partition coefficient (Wildman–Crippen LogP) is 17.3. The van der Waals surface area contributed by atoms with Crippen LogP contribution in [0.2, 0.25) is 0 Å². The van der Waals surface area contributed by atoms with Crippen LogP contribution >= 0.6 is 7.82 Å². The van der Waals surface area contributed by atoms with Gasteiger partial charge in [0, 0.05) is 19.4 Å². The first kappa shape index (κ1) is 65.9. The van der Waals surface area contributed by atoms with Gasteiger partial charge in [0.25, 0.3) is 0 Å². The van der Waals surface area contributed by atoms with Crippen molar-refractivity contribution in [3.63, 3.8) is 0 Å². The molecular formula is C59H102NO8P. The SMILES string of the molecule is CC/C=C\C/C=C\C/C=C\C/C=C\C/C=C\C/C=C\C/C=C\CCCC(=O)OC(COC(=O)CCCCCCCCCCCCCCC/C=C\CCCCCCCCCC)COP(=O)(O)OCCN. The van der Waals surface area contributed by atoms with Crippen molar-refractivity contribution in [2.45, 2.75) is 238 Å². The largest absolute Gasteiger partial charge is 0.472 e. The molecule has 0 saturated heterocycles. The van der Waals surface area contributed by atoms with E-state index in [9.17, 15) is 19.0 Å². The van der Waals surface area contributed by atoms with E-state index in [1.165, 1.54) is 128 Å². The number of carbonyl (C=O) groups is 2. The fourth-order valence-corrected chi connectivity index (χ4v) is 8.15. The Morgan fingerprint density at radius 1 is 0.449 bits per heavy atom. The first-order chi connectivity index (χ1) is 33.8. The lowest BCUT2D eigenvalue weighted by Crippen LogP contribution is -2.29. The van der Waals surface area contributed by atoms with Crippen molar-refractivity contribution < 1.29 is 37.6 Å². The highest BCUT2D eigenvalue weighted by molar-refractivity contribution is 7.47. The first-order valence-corrected chi connectivity index (χ1v) is 29.2. The molecule has 0 aromatic heterocycles. The lowest BCUT2D eigenvalue weighted by Gasteiger charge is -2.19. The summed E-state index contributed by atoms with van der Waals surface area (Å²) >= 11 is 0. The third-order valence-electron chi connectivity index (χ3n) is 11.5. The van der Waals surface area contributed by atoms with Gasteiger partial charge in [-0.3, -0.25) is 18.6 Å². The fourth-order valence-electron chi connectivity index (χ4n) is 7.38. The fraction of sp³-hybridized carbons (Fsp3) is 0.695. The third-order valence-corrected chi connectivity index (χ3v) is 12.4. The number of rotatable bonds is 51. The second kappa shape index (κ2) is 54.3. The van der Waals surface area contributed by atoms with Crippen molar-refractivity contribution in [2.24, 2.45) is 5.73 Å². The van der Waals surface area contributed by atoms with E-state index in [4.69, 9.17) is 24.3 Å². The van der Waals surface area contributed by atoms with Gasteiger partial charge < -0.3 is 20.1 Å². The van der Waals surface area contributed by atoms with E-state index in [2.05, 4.69) is 105 Å². The molecule has 0 rings (SSSR count). The summed E-state index contributed by atoms with van der Waals surface area (Å²) in [7, 11) is -4.41. The molecular weight excluding hydrogens is 882 g/mol. The summed E-state index contributed by atoms with van der Waals surface area (Å²) in [6.45, 7) is 3.57. The minimum absolute atomic E-state index is 0.0397. The van der Waals surface area contributed by atoms with Crippen molar-refractivity contribution in [2.75, 3.05) is 26.4 Å². The van der Waals surface area contributed by atoms with Crippen molar-refractivity contribution in [3.05, 3.63) is 97.2 Å². The molecule has 10 heteroatoms. The van der Waals surface area contributed by atoms with Gasteiger partial charge in [-0.15, -0.1) is 0 Å². The van der Waals surface area contributed by atoms with Crippen LogP contribution in [-0.4, -0.2) is 49.3 Å². The highest BCUT2D eigenvalue weighted by Gasteiger charge is 2.26. The topological polar surface area (TPSA) is 134 Å². The van der Waals surface area contributed by atoms with E-state index < -0.39 is 32.5 Å². The van der Waals surface area contributed by atoms with E-state index >= 15 is 0 Å². The Morgan fingerprint density at radius 2 is 0.812 bits per heavy atom. The molecule has 0 heterocycles. The van der Waals surface area contributed by atoms with Crippen molar-refractivity contribution in [1.29, 1.82) is 0 Å². The minimum Gasteiger partial charge on any atom is -0.462 e. The number of esters is 2. The van der Waals surface area contributed by atoms with Crippen molar-refractivity contribution >= 4 is 19.8 Å². The monoisotopic (exact) mass is 984 g/mol. The van der Waals surface area contributed by atoms with Crippen LogP contribution in [0.5, 0.6) is 0 Å². The van der Waals surface area contributed by atoms with Crippen LogP contribution in [0.15, 0.2) is 97.2 Å². The number of phosphoric ester groups is 1. The number of nitrogens with two attached hydrogens (primary N) is 1. The highest BCUT2D eigenvalue weighted by atomic mass is 31.2. The number of allylic oxidation sites excluding steroid dienone is 16. The summed E-state index contributed by atoms with van der Waals surface area (Å²) in [5.74, 6) is -0.899. The minimum atomic E-state index is -4.41. The molecule has 0 aliphatic rings. The molecule has 0 amide bonds. The molecule has 0 aromatic rings. The van der Waals surface area contributed by atoms with E-state index in [-0.39, 0.29) is 32.6 Å². The highest BCUT2D eigenvalue weighted by Crippen LogP contribution is 2.43. The second-order valence-corrected chi connectivity index (χ2v) is 19.5. The average molecular weight is 984 g/mol. The summed E-state index contributed by atoms with van der Waals surface area (Å²) in [5, 5.41) is 0. The van der Waals surface area contributed by atoms with Crippen LogP contribution in [0.1, 0.15) is 232 Å². The smallest absolute Gasteiger partial charge is 0.462 e. The molecule has 9 nitrogen and oxygen atoms in total. The quantitative estimate of drug-likeness (QED) is 0.0264. The number of ether oxygens (including phenoxy) is 2. The van der Waals surface area contributed by atoms with Crippen LogP contribution < -0.4 is 5.73 Å². The van der Waals surface area contributed by atoms with Gasteiger partial charge in [0.15, 0.2) is 6.10 Å². The maximum atomic E-state index is 12.7. The van der Waals surface area contributed by atoms with Crippen molar-refractivity contribution in [3.8, 4) is 0 Å². The summed E-state index contributed by atoms with van der Waals surface area (Å²) in [6, 6.07) is 0. The molecule has 0 radical (unpaired) electrons. The molecule has 0 aliphatic heterocycles. The number of unbranched alkanes of at least 4 members (excludes halogenated alkanes) is 22. The van der Waals surface area contributed by atoms with Gasteiger partial charge in [-0.05, 0) is 89.9 Å². The van der Waals surface area contributed by atoms with E-state index in [0.29, 0.717) is 12.8 Å². The van der Waals surface area contributed by atoms with E-state index in [1.54, 1.807) is 0 Å². The van der Waals surface area contributed by atoms with Gasteiger partial charge in [-0.2, -0.15) is 0 Å². The van der Waals surface area contributed by atoms with Crippen LogP contribution in [0.4, 0.5) is 0 Å². The maximum absolute atomic E-state index is 12.7. The second-order valence-electron chi connectivity index (χ2n) is 18.1. The Balaban J connectivity index is 4.10. The predicted molar refractivity (Wildman–Crippen MR) is 293 cm³/mol. The molecule has 0 aromatic carbocycles. The lowest BCUT2D eigenvalue weighted by molar-refractivity contribution is -0.161. The Kier molecular flexibility index (Phi) is 51.9. The van der Waals surface area contributed by atoms with Gasteiger partial charge in [-0.25, -0.2) is 4.57 Å². The first-order valence-electron chi connectivity index (χ1n) is 27.7. The average Bonchev–Trinajstić information content (AvgIpc) is 3.34.